The molecule has 0 N–H and O–H groups in total. The molecular formula is C8H8NNaO4S. The molecule has 2 aliphatic rings. The third-order valence-corrected chi connectivity index (χ3v) is 3.40. The van der Waals surface area contributed by atoms with Crippen molar-refractivity contribution in [2.24, 2.45) is 0 Å². The van der Waals surface area contributed by atoms with Crippen molar-refractivity contribution in [2.45, 2.75) is 11.8 Å². The molecule has 0 spiro atoms. The van der Waals surface area contributed by atoms with Crippen LogP contribution in [-0.2, 0) is 14.3 Å². The zero-order valence-electron chi connectivity index (χ0n) is 8.48. The molecule has 1 fully saturated rings. The number of methoxy groups -OCH3 is 1. The van der Waals surface area contributed by atoms with Crippen LogP contribution in [0, 0.1) is 0 Å². The van der Waals surface area contributed by atoms with Crippen molar-refractivity contribution in [3.8, 4) is 0 Å². The first-order valence-electron chi connectivity index (χ1n) is 4.07. The maximum absolute atomic E-state index is 11.1. The molecule has 0 aromatic carbocycles. The second-order valence-electron chi connectivity index (χ2n) is 3.03. The zero-order valence-corrected chi connectivity index (χ0v) is 11.3. The van der Waals surface area contributed by atoms with Crippen LogP contribution >= 0.6 is 11.8 Å². The average Bonchev–Trinajstić information content (AvgIpc) is 2.39. The Hall–Kier alpha value is -0.0100. The van der Waals surface area contributed by atoms with Gasteiger partial charge in [-0.05, 0) is 0 Å². The Morgan fingerprint density at radius 3 is 2.87 bits per heavy atom. The SMILES string of the molecule is COCC1=C(C(=O)[O-])N2C(=O)C[C@@H]2S1.[Na+]. The third-order valence-electron chi connectivity index (χ3n) is 2.16. The van der Waals surface area contributed by atoms with E-state index < -0.39 is 5.97 Å². The number of hydrogen-bond acceptors (Lipinski definition) is 5. The molecule has 0 unspecified atom stereocenters. The number of carboxylic acid groups (broad SMARTS) is 1. The number of aliphatic carboxylic acids is 1. The van der Waals surface area contributed by atoms with Crippen molar-refractivity contribution < 1.29 is 49.0 Å². The number of carboxylic acids is 1. The van der Waals surface area contributed by atoms with Crippen LogP contribution in [0.5, 0.6) is 0 Å². The van der Waals surface area contributed by atoms with E-state index in [1.165, 1.54) is 23.8 Å². The summed E-state index contributed by atoms with van der Waals surface area (Å²) in [7, 11) is 1.48. The summed E-state index contributed by atoms with van der Waals surface area (Å²) in [4.78, 5) is 23.8. The van der Waals surface area contributed by atoms with Crippen LogP contribution in [0.1, 0.15) is 6.42 Å². The Bertz CT molecular complexity index is 344. The van der Waals surface area contributed by atoms with Crippen molar-refractivity contribution >= 4 is 23.6 Å². The summed E-state index contributed by atoms with van der Waals surface area (Å²) >= 11 is 1.36. The summed E-state index contributed by atoms with van der Waals surface area (Å²) < 4.78 is 4.86. The minimum atomic E-state index is -1.31. The van der Waals surface area contributed by atoms with Crippen molar-refractivity contribution in [3.05, 3.63) is 10.6 Å². The monoisotopic (exact) mass is 237 g/mol. The van der Waals surface area contributed by atoms with Crippen molar-refractivity contribution in [2.75, 3.05) is 13.7 Å². The molecule has 2 aliphatic heterocycles. The van der Waals surface area contributed by atoms with Crippen LogP contribution in [0.2, 0.25) is 0 Å². The Morgan fingerprint density at radius 1 is 1.73 bits per heavy atom. The van der Waals surface area contributed by atoms with Crippen LogP contribution in [0.4, 0.5) is 0 Å². The Morgan fingerprint density at radius 2 is 2.40 bits per heavy atom. The topological polar surface area (TPSA) is 69.7 Å². The van der Waals surface area contributed by atoms with Gasteiger partial charge >= 0.3 is 29.6 Å². The van der Waals surface area contributed by atoms with Crippen LogP contribution in [0.3, 0.4) is 0 Å². The van der Waals surface area contributed by atoms with Crippen LogP contribution in [-0.4, -0.2) is 35.9 Å². The van der Waals surface area contributed by atoms with Crippen LogP contribution < -0.4 is 34.7 Å². The van der Waals surface area contributed by atoms with Crippen LogP contribution in [0.15, 0.2) is 10.6 Å². The summed E-state index contributed by atoms with van der Waals surface area (Å²) in [5, 5.41) is 10.7. The smallest absolute Gasteiger partial charge is 0.543 e. The molecule has 7 heteroatoms. The van der Waals surface area contributed by atoms with Gasteiger partial charge in [0.2, 0.25) is 5.91 Å². The first kappa shape index (κ1) is 13.1. The molecule has 2 rings (SSSR count). The van der Waals surface area contributed by atoms with E-state index in [1.807, 2.05) is 0 Å². The van der Waals surface area contributed by atoms with Gasteiger partial charge in [-0.2, -0.15) is 0 Å². The van der Waals surface area contributed by atoms with E-state index in [1.54, 1.807) is 0 Å². The first-order valence-corrected chi connectivity index (χ1v) is 4.95. The zero-order chi connectivity index (χ0) is 10.3. The molecule has 5 nitrogen and oxygen atoms in total. The van der Waals surface area contributed by atoms with E-state index in [0.717, 1.165) is 0 Å². The molecule has 0 aromatic heterocycles. The Balaban J connectivity index is 0.00000112. The molecular weight excluding hydrogens is 229 g/mol. The number of thioether (sulfide) groups is 1. The van der Waals surface area contributed by atoms with E-state index in [0.29, 0.717) is 11.3 Å². The number of carbonyl (C=O) groups excluding carboxylic acids is 2. The predicted molar refractivity (Wildman–Crippen MR) is 46.8 cm³/mol. The minimum Gasteiger partial charge on any atom is -0.543 e. The molecule has 1 saturated heterocycles. The summed E-state index contributed by atoms with van der Waals surface area (Å²) in [6, 6.07) is 0. The van der Waals surface area contributed by atoms with Gasteiger partial charge in [0.25, 0.3) is 0 Å². The maximum atomic E-state index is 11.1. The minimum absolute atomic E-state index is 0. The van der Waals surface area contributed by atoms with Gasteiger partial charge in [0.05, 0.1) is 30.1 Å². The number of nitrogens with zero attached hydrogens (tertiary/aromatic N) is 1. The number of ether oxygens (including phenoxy) is 1. The molecule has 0 aromatic rings. The van der Waals surface area contributed by atoms with Gasteiger partial charge < -0.3 is 14.6 Å². The largest absolute Gasteiger partial charge is 1.00 e. The van der Waals surface area contributed by atoms with E-state index in [2.05, 4.69) is 0 Å². The predicted octanol–water partition coefficient (Wildman–Crippen LogP) is -4.10. The van der Waals surface area contributed by atoms with Gasteiger partial charge in [-0.1, -0.05) is 11.8 Å². The van der Waals surface area contributed by atoms with E-state index in [-0.39, 0.29) is 53.1 Å². The van der Waals surface area contributed by atoms with E-state index in [4.69, 9.17) is 4.74 Å². The quantitative estimate of drug-likeness (QED) is 0.369. The molecule has 76 valence electrons. The summed E-state index contributed by atoms with van der Waals surface area (Å²) in [6.07, 6.45) is 0.397. The Labute approximate surface area is 113 Å². The van der Waals surface area contributed by atoms with Gasteiger partial charge in [0, 0.05) is 12.0 Å². The molecule has 0 radical (unpaired) electrons. The number of hydrogen-bond donors (Lipinski definition) is 0. The fourth-order valence-corrected chi connectivity index (χ4v) is 2.91. The van der Waals surface area contributed by atoms with Crippen molar-refractivity contribution in [3.63, 3.8) is 0 Å². The fourth-order valence-electron chi connectivity index (χ4n) is 1.55. The van der Waals surface area contributed by atoms with Gasteiger partial charge in [-0.3, -0.25) is 9.69 Å². The first-order chi connectivity index (χ1) is 6.65. The van der Waals surface area contributed by atoms with Crippen molar-refractivity contribution in [1.29, 1.82) is 0 Å². The number of amides is 1. The second-order valence-corrected chi connectivity index (χ2v) is 4.31. The number of fused-ring (bicyclic) bond motifs is 1. The Kier molecular flexibility index (Phi) is 4.25. The summed E-state index contributed by atoms with van der Waals surface area (Å²) in [6.45, 7) is 0.217. The molecule has 0 bridgehead atoms. The van der Waals surface area contributed by atoms with Gasteiger partial charge in [-0.25, -0.2) is 0 Å². The van der Waals surface area contributed by atoms with Gasteiger partial charge in [0.1, 0.15) is 0 Å². The van der Waals surface area contributed by atoms with Gasteiger partial charge in [0.15, 0.2) is 0 Å². The molecule has 1 amide bonds. The second kappa shape index (κ2) is 4.88. The molecule has 1 atom stereocenters. The summed E-state index contributed by atoms with van der Waals surface area (Å²) in [5.74, 6) is -1.46. The number of β-lactam (4-membered cyclic amide) rings is 1. The van der Waals surface area contributed by atoms with Crippen molar-refractivity contribution in [1.82, 2.24) is 4.90 Å². The summed E-state index contributed by atoms with van der Waals surface area (Å²) in [5.41, 5.74) is -0.0156. The van der Waals surface area contributed by atoms with E-state index >= 15 is 0 Å². The number of rotatable bonds is 3. The molecule has 15 heavy (non-hydrogen) atoms. The van der Waals surface area contributed by atoms with Gasteiger partial charge in [-0.15, -0.1) is 0 Å². The molecule has 0 aliphatic carbocycles. The third kappa shape index (κ3) is 2.09. The number of carbonyl (C=O) groups is 2. The maximum Gasteiger partial charge on any atom is 1.00 e. The van der Waals surface area contributed by atoms with Crippen LogP contribution in [0.25, 0.3) is 0 Å². The molecule has 0 saturated carbocycles. The fraction of sp³-hybridized carbons (Fsp3) is 0.500. The average molecular weight is 237 g/mol. The molecule has 2 heterocycles. The normalized spacial score (nSPS) is 23.4. The standard InChI is InChI=1S/C8H9NO4S.Na/c1-13-3-4-7(8(11)12)9-5(10)2-6(9)14-4;/h6H,2-3H2,1H3,(H,11,12);/q;+1/p-1/t6-;/m0./s1. The van der Waals surface area contributed by atoms with E-state index in [9.17, 15) is 14.7 Å².